The first-order chi connectivity index (χ1) is 9.47. The third-order valence-electron chi connectivity index (χ3n) is 4.43. The Morgan fingerprint density at radius 3 is 2.60 bits per heavy atom. The summed E-state index contributed by atoms with van der Waals surface area (Å²) in [5.74, 6) is 0.166. The van der Waals surface area contributed by atoms with E-state index in [0.717, 1.165) is 24.8 Å². The molecule has 0 aromatic heterocycles. The number of carbonyl (C=O) groups is 2. The number of aldehydes is 1. The highest BCUT2D eigenvalue weighted by Crippen LogP contribution is 2.48. The maximum atomic E-state index is 12.3. The second-order valence-electron chi connectivity index (χ2n) is 6.11. The average molecular weight is 274 g/mol. The Labute approximate surface area is 117 Å². The summed E-state index contributed by atoms with van der Waals surface area (Å²) in [5.41, 5.74) is 0.739. The second-order valence-corrected chi connectivity index (χ2v) is 6.11. The number of benzene rings is 1. The van der Waals surface area contributed by atoms with Crippen LogP contribution in [0.4, 0.5) is 0 Å². The number of phenols is 1. The largest absolute Gasteiger partial charge is 0.506 e. The van der Waals surface area contributed by atoms with Gasteiger partial charge in [0.15, 0.2) is 12.1 Å². The summed E-state index contributed by atoms with van der Waals surface area (Å²) in [5, 5.41) is 10.3. The summed E-state index contributed by atoms with van der Waals surface area (Å²) in [6.07, 6.45) is 3.74. The van der Waals surface area contributed by atoms with Gasteiger partial charge in [0.05, 0.1) is 12.0 Å². The molecule has 4 heteroatoms. The number of hydrogen-bond donors (Lipinski definition) is 1. The van der Waals surface area contributed by atoms with Crippen LogP contribution >= 0.6 is 0 Å². The Bertz CT molecular complexity index is 597. The van der Waals surface area contributed by atoms with Crippen molar-refractivity contribution in [2.45, 2.75) is 51.0 Å². The fourth-order valence-electron chi connectivity index (χ4n) is 3.13. The lowest BCUT2D eigenvalue weighted by Gasteiger charge is -2.44. The number of ether oxygens (including phenoxy) is 1. The van der Waals surface area contributed by atoms with E-state index in [1.165, 1.54) is 0 Å². The van der Waals surface area contributed by atoms with E-state index in [9.17, 15) is 14.7 Å². The molecular formula is C16H18O4. The molecule has 1 spiro atoms. The maximum absolute atomic E-state index is 12.3. The normalized spacial score (nSPS) is 19.4. The second kappa shape index (κ2) is 4.33. The molecule has 1 aliphatic carbocycles. The monoisotopic (exact) mass is 274 g/mol. The van der Waals surface area contributed by atoms with Gasteiger partial charge in [-0.25, -0.2) is 0 Å². The number of aromatic hydroxyl groups is 1. The van der Waals surface area contributed by atoms with Crippen molar-refractivity contribution in [3.63, 3.8) is 0 Å². The van der Waals surface area contributed by atoms with E-state index in [0.29, 0.717) is 18.5 Å². The fourth-order valence-corrected chi connectivity index (χ4v) is 3.13. The van der Waals surface area contributed by atoms with E-state index in [-0.39, 0.29) is 34.2 Å². The van der Waals surface area contributed by atoms with Gasteiger partial charge in [0.25, 0.3) is 0 Å². The van der Waals surface area contributed by atoms with Crippen molar-refractivity contribution < 1.29 is 19.4 Å². The van der Waals surface area contributed by atoms with Gasteiger partial charge in [-0.3, -0.25) is 9.59 Å². The summed E-state index contributed by atoms with van der Waals surface area (Å²) < 4.78 is 6.00. The number of fused-ring (bicyclic) bond motifs is 1. The van der Waals surface area contributed by atoms with Crippen LogP contribution in [0.2, 0.25) is 0 Å². The van der Waals surface area contributed by atoms with Crippen molar-refractivity contribution >= 4 is 12.1 Å². The lowest BCUT2D eigenvalue weighted by atomic mass is 9.73. The zero-order chi connectivity index (χ0) is 14.5. The first kappa shape index (κ1) is 13.2. The van der Waals surface area contributed by atoms with E-state index in [1.807, 2.05) is 13.8 Å². The smallest absolute Gasteiger partial charge is 0.174 e. The lowest BCUT2D eigenvalue weighted by molar-refractivity contribution is -0.0181. The molecule has 0 saturated heterocycles. The van der Waals surface area contributed by atoms with Crippen molar-refractivity contribution in [1.82, 2.24) is 0 Å². The molecule has 1 aromatic rings. The Morgan fingerprint density at radius 1 is 1.40 bits per heavy atom. The highest BCUT2D eigenvalue weighted by atomic mass is 16.5. The molecule has 106 valence electrons. The zero-order valence-corrected chi connectivity index (χ0v) is 11.7. The predicted molar refractivity (Wildman–Crippen MR) is 73.7 cm³/mol. The Balaban J connectivity index is 2.18. The highest BCUT2D eigenvalue weighted by Gasteiger charge is 2.46. The molecule has 1 saturated carbocycles. The van der Waals surface area contributed by atoms with Gasteiger partial charge >= 0.3 is 0 Å². The van der Waals surface area contributed by atoms with Gasteiger partial charge in [0, 0.05) is 0 Å². The molecule has 0 radical (unpaired) electrons. The quantitative estimate of drug-likeness (QED) is 0.841. The van der Waals surface area contributed by atoms with Gasteiger partial charge < -0.3 is 9.84 Å². The first-order valence-corrected chi connectivity index (χ1v) is 7.05. The van der Waals surface area contributed by atoms with Crippen molar-refractivity contribution in [1.29, 1.82) is 0 Å². The van der Waals surface area contributed by atoms with Crippen LogP contribution in [0.25, 0.3) is 0 Å². The van der Waals surface area contributed by atoms with Crippen LogP contribution in [0.1, 0.15) is 71.7 Å². The topological polar surface area (TPSA) is 63.6 Å². The zero-order valence-electron chi connectivity index (χ0n) is 11.7. The van der Waals surface area contributed by atoms with Crippen LogP contribution in [0.15, 0.2) is 6.07 Å². The number of ketones is 1. The molecule has 0 amide bonds. The molecule has 0 atom stereocenters. The number of Topliss-reactive ketones (excluding diaryl/α,β-unsaturated/α-hetero) is 1. The van der Waals surface area contributed by atoms with E-state index in [2.05, 4.69) is 0 Å². The molecule has 1 aromatic carbocycles. The number of carbonyl (C=O) groups excluding carboxylic acids is 2. The number of hydrogen-bond acceptors (Lipinski definition) is 4. The molecule has 0 bridgehead atoms. The molecule has 3 rings (SSSR count). The average Bonchev–Trinajstić information content (AvgIpc) is 2.35. The van der Waals surface area contributed by atoms with Crippen LogP contribution in [-0.4, -0.2) is 22.8 Å². The van der Waals surface area contributed by atoms with Crippen molar-refractivity contribution in [2.24, 2.45) is 0 Å². The van der Waals surface area contributed by atoms with Crippen molar-refractivity contribution in [3.8, 4) is 11.5 Å². The number of rotatable bonds is 2. The molecule has 2 aliphatic rings. The molecule has 1 heterocycles. The van der Waals surface area contributed by atoms with Crippen LogP contribution < -0.4 is 4.74 Å². The van der Waals surface area contributed by atoms with Crippen molar-refractivity contribution in [3.05, 3.63) is 22.8 Å². The van der Waals surface area contributed by atoms with E-state index in [4.69, 9.17) is 4.74 Å². The molecule has 0 unspecified atom stereocenters. The van der Waals surface area contributed by atoms with Gasteiger partial charge in [-0.2, -0.15) is 0 Å². The first-order valence-electron chi connectivity index (χ1n) is 7.05. The Morgan fingerprint density at radius 2 is 2.10 bits per heavy atom. The van der Waals surface area contributed by atoms with Gasteiger partial charge in [0.2, 0.25) is 0 Å². The fraction of sp³-hybridized carbons (Fsp3) is 0.500. The van der Waals surface area contributed by atoms with Crippen molar-refractivity contribution in [2.75, 3.05) is 0 Å². The van der Waals surface area contributed by atoms with Crippen LogP contribution in [0, 0.1) is 0 Å². The molecule has 1 N–H and O–H groups in total. The van der Waals surface area contributed by atoms with Gasteiger partial charge in [-0.15, -0.1) is 0 Å². The summed E-state index contributed by atoms with van der Waals surface area (Å²) in [4.78, 5) is 23.5. The standard InChI is InChI=1S/C16H18O4/c1-9(2)10-6-13-14(15(19)11(10)8-17)12(18)7-16(20-13)4-3-5-16/h6,8-9,19H,3-5,7H2,1-2H3. The van der Waals surface area contributed by atoms with Gasteiger partial charge in [-0.05, 0) is 36.8 Å². The summed E-state index contributed by atoms with van der Waals surface area (Å²) >= 11 is 0. The Hall–Kier alpha value is -1.84. The maximum Gasteiger partial charge on any atom is 0.174 e. The third-order valence-corrected chi connectivity index (χ3v) is 4.43. The lowest BCUT2D eigenvalue weighted by Crippen LogP contribution is -2.47. The molecular weight excluding hydrogens is 256 g/mol. The molecule has 1 fully saturated rings. The highest BCUT2D eigenvalue weighted by molar-refractivity contribution is 6.05. The molecule has 4 nitrogen and oxygen atoms in total. The van der Waals surface area contributed by atoms with Crippen LogP contribution in [0.3, 0.4) is 0 Å². The number of phenolic OH excluding ortho intramolecular Hbond substituents is 1. The minimum Gasteiger partial charge on any atom is -0.506 e. The van der Waals surface area contributed by atoms with E-state index < -0.39 is 0 Å². The SMILES string of the molecule is CC(C)c1cc2c(c(O)c1C=O)C(=O)CC1(CCC1)O2. The van der Waals surface area contributed by atoms with Gasteiger partial charge in [-0.1, -0.05) is 13.8 Å². The Kier molecular flexibility index (Phi) is 2.85. The van der Waals surface area contributed by atoms with Crippen LogP contribution in [-0.2, 0) is 0 Å². The molecule has 20 heavy (non-hydrogen) atoms. The third kappa shape index (κ3) is 1.74. The summed E-state index contributed by atoms with van der Waals surface area (Å²) in [6.45, 7) is 3.88. The van der Waals surface area contributed by atoms with E-state index in [1.54, 1.807) is 6.07 Å². The summed E-state index contributed by atoms with van der Waals surface area (Å²) in [6, 6.07) is 1.75. The van der Waals surface area contributed by atoms with Gasteiger partial charge in [0.1, 0.15) is 22.7 Å². The minimum absolute atomic E-state index is 0.0735. The summed E-state index contributed by atoms with van der Waals surface area (Å²) in [7, 11) is 0. The predicted octanol–water partition coefficient (Wildman–Crippen LogP) is 3.22. The minimum atomic E-state index is -0.368. The molecule has 1 aliphatic heterocycles. The van der Waals surface area contributed by atoms with Crippen LogP contribution in [0.5, 0.6) is 11.5 Å². The van der Waals surface area contributed by atoms with E-state index >= 15 is 0 Å².